The number of esters is 1. The summed E-state index contributed by atoms with van der Waals surface area (Å²) >= 11 is 7.02. The van der Waals surface area contributed by atoms with E-state index in [9.17, 15) is 4.79 Å². The van der Waals surface area contributed by atoms with Gasteiger partial charge in [-0.15, -0.1) is 11.3 Å². The van der Waals surface area contributed by atoms with Crippen LogP contribution in [-0.4, -0.2) is 23.7 Å². The number of carbonyl (C=O) groups is 1. The minimum absolute atomic E-state index is 0.231. The number of hydrogen-bond donors (Lipinski definition) is 2. The van der Waals surface area contributed by atoms with E-state index in [1.54, 1.807) is 11.3 Å². The molecule has 4 nitrogen and oxygen atoms in total. The summed E-state index contributed by atoms with van der Waals surface area (Å²) in [5.41, 5.74) is 1.88. The van der Waals surface area contributed by atoms with E-state index < -0.39 is 0 Å². The van der Waals surface area contributed by atoms with Crippen LogP contribution in [0.4, 0.5) is 5.00 Å². The average Bonchev–Trinajstić information content (AvgIpc) is 3.18. The smallest absolute Gasteiger partial charge is 0.341 e. The molecule has 0 saturated heterocycles. The Balaban J connectivity index is 1.89. The van der Waals surface area contributed by atoms with Crippen molar-refractivity contribution in [3.05, 3.63) is 16.0 Å². The maximum absolute atomic E-state index is 12.4. The first-order valence-corrected chi connectivity index (χ1v) is 9.22. The summed E-state index contributed by atoms with van der Waals surface area (Å²) < 4.78 is 5.28. The molecule has 2 aliphatic carbocycles. The Hall–Kier alpha value is -1.14. The Morgan fingerprint density at radius 3 is 2.86 bits per heavy atom. The second-order valence-corrected chi connectivity index (χ2v) is 7.54. The summed E-state index contributed by atoms with van der Waals surface area (Å²) in [7, 11) is 0. The molecular formula is C16H22N2O2S2. The van der Waals surface area contributed by atoms with Crippen molar-refractivity contribution in [1.29, 1.82) is 0 Å². The van der Waals surface area contributed by atoms with Crippen LogP contribution in [0.25, 0.3) is 0 Å². The monoisotopic (exact) mass is 338 g/mol. The van der Waals surface area contributed by atoms with Gasteiger partial charge in [-0.25, -0.2) is 4.79 Å². The largest absolute Gasteiger partial charge is 0.462 e. The Morgan fingerprint density at radius 2 is 2.18 bits per heavy atom. The third-order valence-electron chi connectivity index (χ3n) is 4.18. The van der Waals surface area contributed by atoms with Gasteiger partial charge in [0.15, 0.2) is 5.11 Å². The highest BCUT2D eigenvalue weighted by Crippen LogP contribution is 2.43. The molecular weight excluding hydrogens is 316 g/mol. The summed E-state index contributed by atoms with van der Waals surface area (Å²) in [4.78, 5) is 13.7. The van der Waals surface area contributed by atoms with Gasteiger partial charge in [0.25, 0.3) is 0 Å². The van der Waals surface area contributed by atoms with Gasteiger partial charge in [0, 0.05) is 10.9 Å². The van der Waals surface area contributed by atoms with Crippen LogP contribution in [0.3, 0.4) is 0 Å². The molecule has 1 aromatic rings. The summed E-state index contributed by atoms with van der Waals surface area (Å²) in [5.74, 6) is 0.172. The van der Waals surface area contributed by atoms with E-state index in [-0.39, 0.29) is 5.97 Å². The number of anilines is 1. The molecule has 2 N–H and O–H groups in total. The van der Waals surface area contributed by atoms with Crippen molar-refractivity contribution in [3.63, 3.8) is 0 Å². The van der Waals surface area contributed by atoms with E-state index in [1.165, 1.54) is 29.7 Å². The highest BCUT2D eigenvalue weighted by Gasteiger charge is 2.31. The van der Waals surface area contributed by atoms with Crippen molar-refractivity contribution < 1.29 is 9.53 Å². The number of fused-ring (bicyclic) bond motifs is 1. The van der Waals surface area contributed by atoms with Gasteiger partial charge in [-0.05, 0) is 62.7 Å². The van der Waals surface area contributed by atoms with Crippen molar-refractivity contribution in [3.8, 4) is 0 Å². The van der Waals surface area contributed by atoms with Gasteiger partial charge in [-0.2, -0.15) is 0 Å². The van der Waals surface area contributed by atoms with Crippen LogP contribution in [0, 0.1) is 0 Å². The van der Waals surface area contributed by atoms with Crippen LogP contribution in [0.15, 0.2) is 0 Å². The van der Waals surface area contributed by atoms with E-state index in [1.807, 2.05) is 6.92 Å². The van der Waals surface area contributed by atoms with Crippen molar-refractivity contribution in [2.45, 2.75) is 57.9 Å². The zero-order valence-electron chi connectivity index (χ0n) is 13.0. The maximum Gasteiger partial charge on any atom is 0.341 e. The van der Waals surface area contributed by atoms with Crippen molar-refractivity contribution in [2.75, 3.05) is 11.9 Å². The van der Waals surface area contributed by atoms with Crippen molar-refractivity contribution >= 4 is 39.6 Å². The second kappa shape index (κ2) is 6.54. The molecule has 0 aromatic carbocycles. The first kappa shape index (κ1) is 15.7. The maximum atomic E-state index is 12.4. The van der Waals surface area contributed by atoms with Crippen LogP contribution in [0.1, 0.15) is 66.2 Å². The lowest BCUT2D eigenvalue weighted by Gasteiger charge is -2.19. The lowest BCUT2D eigenvalue weighted by atomic mass is 9.86. The summed E-state index contributed by atoms with van der Waals surface area (Å²) in [6.07, 6.45) is 5.69. The molecule has 120 valence electrons. The van der Waals surface area contributed by atoms with Crippen molar-refractivity contribution in [1.82, 2.24) is 5.32 Å². The van der Waals surface area contributed by atoms with E-state index in [4.69, 9.17) is 17.0 Å². The molecule has 3 rings (SSSR count). The van der Waals surface area contributed by atoms with E-state index in [2.05, 4.69) is 17.6 Å². The molecule has 22 heavy (non-hydrogen) atoms. The molecule has 0 radical (unpaired) electrons. The van der Waals surface area contributed by atoms with Gasteiger partial charge in [0.1, 0.15) is 5.00 Å². The molecule has 1 atom stereocenters. The van der Waals surface area contributed by atoms with E-state index >= 15 is 0 Å². The van der Waals surface area contributed by atoms with Gasteiger partial charge >= 0.3 is 5.97 Å². The third-order valence-corrected chi connectivity index (χ3v) is 5.58. The quantitative estimate of drug-likeness (QED) is 0.646. The standard InChI is InChI=1S/C16H22N2O2S2/c1-3-20-15(19)13-12-9(2)5-4-6-11(12)22-14(13)18-16(21)17-10-7-8-10/h9-10H,3-8H2,1-2H3,(H2,17,18,21)/t9-/m0/s1. The van der Waals surface area contributed by atoms with E-state index in [0.29, 0.717) is 29.2 Å². The van der Waals surface area contributed by atoms with Crippen LogP contribution < -0.4 is 10.6 Å². The molecule has 1 aromatic heterocycles. The minimum Gasteiger partial charge on any atom is -0.462 e. The lowest BCUT2D eigenvalue weighted by molar-refractivity contribution is 0.0526. The molecule has 1 heterocycles. The number of hydrogen-bond acceptors (Lipinski definition) is 4. The fourth-order valence-electron chi connectivity index (χ4n) is 2.96. The van der Waals surface area contributed by atoms with Gasteiger partial charge in [-0.3, -0.25) is 0 Å². The SMILES string of the molecule is CCOC(=O)c1c(NC(=S)NC2CC2)sc2c1[C@@H](C)CCC2. The molecule has 0 aliphatic heterocycles. The number of aryl methyl sites for hydroxylation is 1. The fourth-order valence-corrected chi connectivity index (χ4v) is 4.64. The normalized spacial score (nSPS) is 20.2. The third kappa shape index (κ3) is 3.27. The molecule has 2 aliphatic rings. The second-order valence-electron chi connectivity index (χ2n) is 6.03. The fraction of sp³-hybridized carbons (Fsp3) is 0.625. The highest BCUT2D eigenvalue weighted by atomic mass is 32.1. The summed E-state index contributed by atoms with van der Waals surface area (Å²) in [6.45, 7) is 4.42. The van der Waals surface area contributed by atoms with Gasteiger partial charge < -0.3 is 15.4 Å². The van der Waals surface area contributed by atoms with Gasteiger partial charge in [0.2, 0.25) is 0 Å². The first-order chi connectivity index (χ1) is 10.6. The molecule has 1 saturated carbocycles. The van der Waals surface area contributed by atoms with Gasteiger partial charge in [-0.1, -0.05) is 6.92 Å². The topological polar surface area (TPSA) is 50.4 Å². The molecule has 0 bridgehead atoms. The Labute approximate surface area is 140 Å². The number of nitrogens with one attached hydrogen (secondary N) is 2. The molecule has 6 heteroatoms. The van der Waals surface area contributed by atoms with Crippen molar-refractivity contribution in [2.24, 2.45) is 0 Å². The molecule has 0 amide bonds. The van der Waals surface area contributed by atoms with Crippen LogP contribution in [0.2, 0.25) is 0 Å². The average molecular weight is 338 g/mol. The number of carbonyl (C=O) groups excluding carboxylic acids is 1. The van der Waals surface area contributed by atoms with Crippen LogP contribution in [-0.2, 0) is 11.2 Å². The number of thiophene rings is 1. The predicted octanol–water partition coefficient (Wildman–Crippen LogP) is 3.81. The molecule has 0 spiro atoms. The Morgan fingerprint density at radius 1 is 1.41 bits per heavy atom. The molecule has 1 fully saturated rings. The van der Waals surface area contributed by atoms with E-state index in [0.717, 1.165) is 17.8 Å². The number of rotatable bonds is 4. The predicted molar refractivity (Wildman–Crippen MR) is 94.0 cm³/mol. The number of ether oxygens (including phenoxy) is 1. The van der Waals surface area contributed by atoms with Crippen LogP contribution >= 0.6 is 23.6 Å². The Kier molecular flexibility index (Phi) is 4.68. The zero-order chi connectivity index (χ0) is 15.7. The Bertz CT molecular complexity index is 593. The molecule has 0 unspecified atom stereocenters. The first-order valence-electron chi connectivity index (χ1n) is 8.00. The zero-order valence-corrected chi connectivity index (χ0v) is 14.7. The lowest BCUT2D eigenvalue weighted by Crippen LogP contribution is -2.30. The summed E-state index contributed by atoms with van der Waals surface area (Å²) in [5, 5.41) is 7.96. The van der Waals surface area contributed by atoms with Gasteiger partial charge in [0.05, 0.1) is 12.2 Å². The highest BCUT2D eigenvalue weighted by molar-refractivity contribution is 7.80. The minimum atomic E-state index is -0.231. The van der Waals surface area contributed by atoms with Crippen LogP contribution in [0.5, 0.6) is 0 Å². The number of thiocarbonyl (C=S) groups is 1. The summed E-state index contributed by atoms with van der Waals surface area (Å²) in [6, 6.07) is 0.500.